The molecule has 2 N–H and O–H groups in total. The van der Waals surface area contributed by atoms with Gasteiger partial charge in [0.1, 0.15) is 5.69 Å². The molecule has 2 aromatic rings. The van der Waals surface area contributed by atoms with Crippen LogP contribution in [0.3, 0.4) is 0 Å². The van der Waals surface area contributed by atoms with Crippen molar-refractivity contribution >= 4 is 17.5 Å². The second-order valence-electron chi connectivity index (χ2n) is 6.99. The van der Waals surface area contributed by atoms with Crippen LogP contribution in [0.5, 0.6) is 0 Å². The number of hydrogen-bond acceptors (Lipinski definition) is 3. The third-order valence-corrected chi connectivity index (χ3v) is 4.12. The minimum atomic E-state index is -0.225. The molecule has 1 amide bonds. The van der Waals surface area contributed by atoms with E-state index >= 15 is 0 Å². The Morgan fingerprint density at radius 2 is 1.92 bits per heavy atom. The molecule has 0 atom stereocenters. The van der Waals surface area contributed by atoms with Crippen LogP contribution in [0.1, 0.15) is 44.5 Å². The molecular weight excluding hydrogens is 336 g/mol. The molecule has 0 fully saturated rings. The highest BCUT2D eigenvalue weighted by Crippen LogP contribution is 2.30. The summed E-state index contributed by atoms with van der Waals surface area (Å²) >= 11 is 6.33. The van der Waals surface area contributed by atoms with E-state index in [-0.39, 0.29) is 11.4 Å². The van der Waals surface area contributed by atoms with Crippen molar-refractivity contribution in [3.8, 4) is 11.3 Å². The van der Waals surface area contributed by atoms with Crippen molar-refractivity contribution in [2.45, 2.75) is 39.7 Å². The van der Waals surface area contributed by atoms with Gasteiger partial charge < -0.3 is 10.6 Å². The number of hydrogen-bond donors (Lipinski definition) is 2. The van der Waals surface area contributed by atoms with Crippen molar-refractivity contribution in [3.63, 3.8) is 0 Å². The molecular formula is C19H27ClN4O. The third kappa shape index (κ3) is 5.06. The van der Waals surface area contributed by atoms with Crippen LogP contribution in [0.15, 0.2) is 30.5 Å². The molecule has 6 heteroatoms. The second-order valence-corrected chi connectivity index (χ2v) is 7.40. The second kappa shape index (κ2) is 8.50. The Morgan fingerprint density at radius 1 is 1.20 bits per heavy atom. The third-order valence-electron chi connectivity index (χ3n) is 3.79. The van der Waals surface area contributed by atoms with Crippen LogP contribution in [-0.2, 0) is 5.54 Å². The summed E-state index contributed by atoms with van der Waals surface area (Å²) in [7, 11) is 0. The van der Waals surface area contributed by atoms with Crippen molar-refractivity contribution in [2.75, 3.05) is 19.6 Å². The predicted molar refractivity (Wildman–Crippen MR) is 103 cm³/mol. The standard InChI is InChI=1S/C19H27ClN4O/c1-5-10-21-11-12-22-18(25)15-13-24(19(2,3)4)23-17(15)14-8-6-7-9-16(14)20/h6-9,13,21H,5,10-12H2,1-4H3,(H,22,25). The molecule has 0 saturated carbocycles. The topological polar surface area (TPSA) is 58.9 Å². The van der Waals surface area contributed by atoms with E-state index in [1.165, 1.54) is 0 Å². The van der Waals surface area contributed by atoms with E-state index in [9.17, 15) is 4.79 Å². The van der Waals surface area contributed by atoms with Gasteiger partial charge in [0.15, 0.2) is 0 Å². The quantitative estimate of drug-likeness (QED) is 0.738. The van der Waals surface area contributed by atoms with Crippen molar-refractivity contribution in [3.05, 3.63) is 41.0 Å². The minimum Gasteiger partial charge on any atom is -0.351 e. The number of amides is 1. The van der Waals surface area contributed by atoms with Crippen LogP contribution in [0.2, 0.25) is 5.02 Å². The first kappa shape index (κ1) is 19.5. The molecule has 0 aliphatic rings. The van der Waals surface area contributed by atoms with E-state index in [1.807, 2.05) is 49.7 Å². The molecule has 136 valence electrons. The summed E-state index contributed by atoms with van der Waals surface area (Å²) in [6, 6.07) is 7.46. The SMILES string of the molecule is CCCNCCNC(=O)c1cn(C(C)(C)C)nc1-c1ccccc1Cl. The monoisotopic (exact) mass is 362 g/mol. The van der Waals surface area contributed by atoms with Gasteiger partial charge in [0, 0.05) is 24.8 Å². The summed E-state index contributed by atoms with van der Waals surface area (Å²) in [6.07, 6.45) is 2.87. The van der Waals surface area contributed by atoms with Crippen LogP contribution in [0, 0.1) is 0 Å². The normalized spacial score (nSPS) is 11.6. The van der Waals surface area contributed by atoms with Crippen molar-refractivity contribution < 1.29 is 4.79 Å². The molecule has 1 heterocycles. The molecule has 0 radical (unpaired) electrons. The van der Waals surface area contributed by atoms with Gasteiger partial charge in [-0.25, -0.2) is 0 Å². The highest BCUT2D eigenvalue weighted by molar-refractivity contribution is 6.33. The lowest BCUT2D eigenvalue weighted by molar-refractivity contribution is 0.0954. The fraction of sp³-hybridized carbons (Fsp3) is 0.474. The van der Waals surface area contributed by atoms with E-state index in [4.69, 9.17) is 11.6 Å². The summed E-state index contributed by atoms with van der Waals surface area (Å²) in [5, 5.41) is 11.5. The Morgan fingerprint density at radius 3 is 2.56 bits per heavy atom. The van der Waals surface area contributed by atoms with Gasteiger partial charge in [-0.3, -0.25) is 9.48 Å². The maximum absolute atomic E-state index is 12.7. The van der Waals surface area contributed by atoms with E-state index in [1.54, 1.807) is 6.20 Å². The number of benzene rings is 1. The number of carbonyl (C=O) groups is 1. The fourth-order valence-electron chi connectivity index (χ4n) is 2.40. The van der Waals surface area contributed by atoms with Crippen LogP contribution in [0.4, 0.5) is 0 Å². The smallest absolute Gasteiger partial charge is 0.255 e. The molecule has 2 rings (SSSR count). The van der Waals surface area contributed by atoms with E-state index in [2.05, 4.69) is 22.7 Å². The largest absolute Gasteiger partial charge is 0.351 e. The lowest BCUT2D eigenvalue weighted by atomic mass is 10.1. The Hall–Kier alpha value is -1.85. The van der Waals surface area contributed by atoms with Gasteiger partial charge in [0.25, 0.3) is 5.91 Å². The van der Waals surface area contributed by atoms with Crippen LogP contribution < -0.4 is 10.6 Å². The number of rotatable bonds is 7. The summed E-state index contributed by atoms with van der Waals surface area (Å²) in [6.45, 7) is 10.5. The van der Waals surface area contributed by atoms with Crippen molar-refractivity contribution in [1.29, 1.82) is 0 Å². The summed E-state index contributed by atoms with van der Waals surface area (Å²) in [5.41, 5.74) is 1.69. The summed E-state index contributed by atoms with van der Waals surface area (Å²) in [5.74, 6) is -0.135. The maximum atomic E-state index is 12.7. The van der Waals surface area contributed by atoms with E-state index < -0.39 is 0 Å². The zero-order chi connectivity index (χ0) is 18.4. The number of carbonyl (C=O) groups excluding carboxylic acids is 1. The van der Waals surface area contributed by atoms with Gasteiger partial charge in [0.2, 0.25) is 0 Å². The lowest BCUT2D eigenvalue weighted by Gasteiger charge is -2.18. The molecule has 0 aliphatic heterocycles. The van der Waals surface area contributed by atoms with E-state index in [0.717, 1.165) is 25.1 Å². The van der Waals surface area contributed by atoms with Crippen molar-refractivity contribution in [1.82, 2.24) is 20.4 Å². The zero-order valence-corrected chi connectivity index (χ0v) is 16.2. The molecule has 25 heavy (non-hydrogen) atoms. The van der Waals surface area contributed by atoms with Gasteiger partial charge in [-0.05, 0) is 39.8 Å². The average Bonchev–Trinajstić information content (AvgIpc) is 3.00. The molecule has 0 spiro atoms. The number of halogens is 1. The Kier molecular flexibility index (Phi) is 6.62. The Bertz CT molecular complexity index is 718. The number of nitrogens with one attached hydrogen (secondary N) is 2. The van der Waals surface area contributed by atoms with Crippen LogP contribution in [0.25, 0.3) is 11.3 Å². The number of aromatic nitrogens is 2. The molecule has 5 nitrogen and oxygen atoms in total. The Balaban J connectivity index is 2.28. The van der Waals surface area contributed by atoms with E-state index in [0.29, 0.717) is 22.8 Å². The van der Waals surface area contributed by atoms with Gasteiger partial charge in [-0.15, -0.1) is 0 Å². The first-order chi connectivity index (χ1) is 11.8. The van der Waals surface area contributed by atoms with Gasteiger partial charge >= 0.3 is 0 Å². The Labute approximate surface area is 154 Å². The molecule has 1 aromatic carbocycles. The van der Waals surface area contributed by atoms with Crippen molar-refractivity contribution in [2.24, 2.45) is 0 Å². The van der Waals surface area contributed by atoms with Gasteiger partial charge in [-0.1, -0.05) is 36.7 Å². The van der Waals surface area contributed by atoms with Crippen LogP contribution >= 0.6 is 11.6 Å². The average molecular weight is 363 g/mol. The first-order valence-electron chi connectivity index (χ1n) is 8.68. The summed E-state index contributed by atoms with van der Waals surface area (Å²) < 4.78 is 1.82. The van der Waals surface area contributed by atoms with Gasteiger partial charge in [-0.2, -0.15) is 5.10 Å². The molecule has 0 unspecified atom stereocenters. The lowest BCUT2D eigenvalue weighted by Crippen LogP contribution is -2.32. The molecule has 0 saturated heterocycles. The maximum Gasteiger partial charge on any atom is 0.255 e. The highest BCUT2D eigenvalue weighted by atomic mass is 35.5. The molecule has 1 aromatic heterocycles. The fourth-order valence-corrected chi connectivity index (χ4v) is 2.62. The highest BCUT2D eigenvalue weighted by Gasteiger charge is 2.23. The minimum absolute atomic E-state index is 0.135. The van der Waals surface area contributed by atoms with Crippen LogP contribution in [-0.4, -0.2) is 35.3 Å². The first-order valence-corrected chi connectivity index (χ1v) is 9.06. The molecule has 0 aliphatic carbocycles. The summed E-state index contributed by atoms with van der Waals surface area (Å²) in [4.78, 5) is 12.7. The predicted octanol–water partition coefficient (Wildman–Crippen LogP) is 3.69. The number of nitrogens with zero attached hydrogens (tertiary/aromatic N) is 2. The zero-order valence-electron chi connectivity index (χ0n) is 15.4. The molecule has 0 bridgehead atoms. The van der Waals surface area contributed by atoms with Gasteiger partial charge in [0.05, 0.1) is 16.1 Å².